The summed E-state index contributed by atoms with van der Waals surface area (Å²) in [6.07, 6.45) is 1.81. The topological polar surface area (TPSA) is 80.4 Å². The summed E-state index contributed by atoms with van der Waals surface area (Å²) >= 11 is 1.42. The lowest BCUT2D eigenvalue weighted by atomic mass is 9.99. The summed E-state index contributed by atoms with van der Waals surface area (Å²) in [4.78, 5) is 21.4. The van der Waals surface area contributed by atoms with Crippen molar-refractivity contribution in [2.45, 2.75) is 13.0 Å². The Hall–Kier alpha value is -0.550. The molecule has 0 aliphatic rings. The van der Waals surface area contributed by atoms with Crippen molar-refractivity contribution in [2.24, 2.45) is 11.7 Å². The van der Waals surface area contributed by atoms with Crippen LogP contribution in [0.1, 0.15) is 6.92 Å². The van der Waals surface area contributed by atoms with E-state index in [-0.39, 0.29) is 5.78 Å². The van der Waals surface area contributed by atoms with Gasteiger partial charge in [0.05, 0.1) is 5.92 Å². The molecule has 5 heteroatoms. The van der Waals surface area contributed by atoms with Gasteiger partial charge in [-0.2, -0.15) is 11.8 Å². The number of carboxylic acids is 1. The summed E-state index contributed by atoms with van der Waals surface area (Å²) in [5, 5.41) is 8.54. The second kappa shape index (κ2) is 5.16. The Morgan fingerprint density at radius 1 is 1.58 bits per heavy atom. The van der Waals surface area contributed by atoms with Gasteiger partial charge < -0.3 is 10.8 Å². The molecule has 70 valence electrons. The molecular weight excluding hydrogens is 178 g/mol. The van der Waals surface area contributed by atoms with E-state index in [1.165, 1.54) is 18.7 Å². The van der Waals surface area contributed by atoms with E-state index < -0.39 is 17.9 Å². The number of ketones is 1. The number of thioether (sulfide) groups is 1. The standard InChI is InChI=1S/C7H13NO3S/c1-4(9)5(3-12-2)6(8)7(10)11/h5-6H,3,8H2,1-2H3,(H,10,11)/t5?,6-/m0/s1. The van der Waals surface area contributed by atoms with Crippen LogP contribution in [0.4, 0.5) is 0 Å². The molecule has 12 heavy (non-hydrogen) atoms. The Balaban J connectivity index is 4.28. The minimum Gasteiger partial charge on any atom is -0.480 e. The van der Waals surface area contributed by atoms with Crippen LogP contribution in [0.25, 0.3) is 0 Å². The van der Waals surface area contributed by atoms with Crippen molar-refractivity contribution in [3.05, 3.63) is 0 Å². The van der Waals surface area contributed by atoms with Crippen LogP contribution in [-0.2, 0) is 9.59 Å². The normalized spacial score (nSPS) is 15.2. The number of carboxylic acid groups (broad SMARTS) is 1. The van der Waals surface area contributed by atoms with E-state index in [2.05, 4.69) is 0 Å². The predicted octanol–water partition coefficient (Wildman–Crippen LogP) is -0.0335. The molecule has 0 saturated carbocycles. The van der Waals surface area contributed by atoms with Crippen molar-refractivity contribution in [3.8, 4) is 0 Å². The van der Waals surface area contributed by atoms with Gasteiger partial charge in [0.1, 0.15) is 11.8 Å². The lowest BCUT2D eigenvalue weighted by molar-refractivity contribution is -0.141. The molecule has 1 unspecified atom stereocenters. The van der Waals surface area contributed by atoms with E-state index >= 15 is 0 Å². The van der Waals surface area contributed by atoms with Gasteiger partial charge in [0.2, 0.25) is 0 Å². The lowest BCUT2D eigenvalue weighted by Crippen LogP contribution is -2.42. The number of aliphatic carboxylic acids is 1. The smallest absolute Gasteiger partial charge is 0.321 e. The average Bonchev–Trinajstić information content (AvgIpc) is 1.98. The Morgan fingerprint density at radius 2 is 2.08 bits per heavy atom. The fourth-order valence-electron chi connectivity index (χ4n) is 0.826. The van der Waals surface area contributed by atoms with Crippen molar-refractivity contribution in [2.75, 3.05) is 12.0 Å². The molecule has 0 amide bonds. The molecule has 0 bridgehead atoms. The fourth-order valence-corrected chi connectivity index (χ4v) is 1.63. The summed E-state index contributed by atoms with van der Waals surface area (Å²) in [6.45, 7) is 1.36. The molecule has 2 atom stereocenters. The highest BCUT2D eigenvalue weighted by atomic mass is 32.2. The van der Waals surface area contributed by atoms with Crippen molar-refractivity contribution in [1.82, 2.24) is 0 Å². The number of rotatable bonds is 5. The maximum absolute atomic E-state index is 10.9. The summed E-state index contributed by atoms with van der Waals surface area (Å²) < 4.78 is 0. The van der Waals surface area contributed by atoms with Crippen LogP contribution < -0.4 is 5.73 Å². The fraction of sp³-hybridized carbons (Fsp3) is 0.714. The van der Waals surface area contributed by atoms with Gasteiger partial charge in [-0.3, -0.25) is 9.59 Å². The number of carbonyl (C=O) groups is 2. The zero-order valence-corrected chi connectivity index (χ0v) is 7.93. The average molecular weight is 191 g/mol. The molecule has 0 aromatic rings. The number of hydrogen-bond donors (Lipinski definition) is 2. The van der Waals surface area contributed by atoms with Gasteiger partial charge in [-0.1, -0.05) is 0 Å². The zero-order chi connectivity index (χ0) is 9.72. The number of hydrogen-bond acceptors (Lipinski definition) is 4. The minimum atomic E-state index is -1.12. The molecule has 0 fully saturated rings. The Kier molecular flexibility index (Phi) is 4.92. The van der Waals surface area contributed by atoms with Crippen LogP contribution in [-0.4, -0.2) is 34.9 Å². The molecule has 3 N–H and O–H groups in total. The molecule has 0 spiro atoms. The van der Waals surface area contributed by atoms with E-state index in [1.807, 2.05) is 6.26 Å². The van der Waals surface area contributed by atoms with Crippen LogP contribution in [0.15, 0.2) is 0 Å². The first-order valence-corrected chi connectivity index (χ1v) is 4.87. The second-order valence-electron chi connectivity index (χ2n) is 2.54. The molecule has 4 nitrogen and oxygen atoms in total. The molecule has 0 rings (SSSR count). The van der Waals surface area contributed by atoms with E-state index in [1.54, 1.807) is 0 Å². The second-order valence-corrected chi connectivity index (χ2v) is 3.45. The number of carbonyl (C=O) groups excluding carboxylic acids is 1. The number of Topliss-reactive ketones (excluding diaryl/α,β-unsaturated/α-hetero) is 1. The first-order chi connectivity index (χ1) is 5.50. The summed E-state index contributed by atoms with van der Waals surface area (Å²) in [5.74, 6) is -1.40. The summed E-state index contributed by atoms with van der Waals surface area (Å²) in [6, 6.07) is -1.07. The van der Waals surface area contributed by atoms with Gasteiger partial charge in [-0.15, -0.1) is 0 Å². The van der Waals surface area contributed by atoms with Gasteiger partial charge >= 0.3 is 5.97 Å². The first-order valence-electron chi connectivity index (χ1n) is 3.48. The van der Waals surface area contributed by atoms with Crippen molar-refractivity contribution in [1.29, 1.82) is 0 Å². The predicted molar refractivity (Wildman–Crippen MR) is 48.2 cm³/mol. The Morgan fingerprint density at radius 3 is 2.33 bits per heavy atom. The van der Waals surface area contributed by atoms with Crippen LogP contribution >= 0.6 is 11.8 Å². The summed E-state index contributed by atoms with van der Waals surface area (Å²) in [7, 11) is 0. The van der Waals surface area contributed by atoms with Gasteiger partial charge in [0, 0.05) is 5.75 Å². The highest BCUT2D eigenvalue weighted by Crippen LogP contribution is 2.10. The molecule has 0 radical (unpaired) electrons. The van der Waals surface area contributed by atoms with E-state index in [9.17, 15) is 9.59 Å². The maximum Gasteiger partial charge on any atom is 0.321 e. The van der Waals surface area contributed by atoms with Crippen molar-refractivity contribution >= 4 is 23.5 Å². The lowest BCUT2D eigenvalue weighted by Gasteiger charge is -2.16. The van der Waals surface area contributed by atoms with E-state index in [0.717, 1.165) is 0 Å². The van der Waals surface area contributed by atoms with Gasteiger partial charge in [0.25, 0.3) is 0 Å². The third-order valence-electron chi connectivity index (χ3n) is 1.59. The van der Waals surface area contributed by atoms with E-state index in [4.69, 9.17) is 10.8 Å². The maximum atomic E-state index is 10.9. The molecule has 0 aromatic heterocycles. The highest BCUT2D eigenvalue weighted by Gasteiger charge is 2.27. The van der Waals surface area contributed by atoms with Crippen molar-refractivity contribution < 1.29 is 14.7 Å². The molecule has 0 saturated heterocycles. The zero-order valence-electron chi connectivity index (χ0n) is 7.11. The van der Waals surface area contributed by atoms with Gasteiger partial charge in [-0.25, -0.2) is 0 Å². The van der Waals surface area contributed by atoms with Crippen LogP contribution in [0.5, 0.6) is 0 Å². The highest BCUT2D eigenvalue weighted by molar-refractivity contribution is 7.98. The SMILES string of the molecule is CSCC(C(C)=O)[C@H](N)C(=O)O. The molecule has 0 aliphatic heterocycles. The molecule has 0 aromatic carbocycles. The molecular formula is C7H13NO3S. The largest absolute Gasteiger partial charge is 0.480 e. The van der Waals surface area contributed by atoms with Crippen LogP contribution in [0, 0.1) is 5.92 Å². The monoisotopic (exact) mass is 191 g/mol. The first kappa shape index (κ1) is 11.4. The Bertz CT molecular complexity index is 183. The third-order valence-corrected chi connectivity index (χ3v) is 2.28. The number of nitrogens with two attached hydrogens (primary N) is 1. The van der Waals surface area contributed by atoms with Crippen LogP contribution in [0.2, 0.25) is 0 Å². The molecule has 0 heterocycles. The molecule has 0 aliphatic carbocycles. The summed E-state index contributed by atoms with van der Waals surface area (Å²) in [5.41, 5.74) is 5.31. The van der Waals surface area contributed by atoms with Gasteiger partial charge in [0.15, 0.2) is 0 Å². The van der Waals surface area contributed by atoms with E-state index in [0.29, 0.717) is 5.75 Å². The quantitative estimate of drug-likeness (QED) is 0.637. The van der Waals surface area contributed by atoms with Gasteiger partial charge in [-0.05, 0) is 13.2 Å². The third kappa shape index (κ3) is 3.23. The van der Waals surface area contributed by atoms with Crippen molar-refractivity contribution in [3.63, 3.8) is 0 Å². The Labute approximate surface area is 75.5 Å². The minimum absolute atomic E-state index is 0.167. The van der Waals surface area contributed by atoms with Crippen LogP contribution in [0.3, 0.4) is 0 Å².